The highest BCUT2D eigenvalue weighted by atomic mass is 35.5. The third kappa shape index (κ3) is 2.94. The molecule has 0 nitrogen and oxygen atoms in total. The minimum Gasteiger partial charge on any atom is -0.126 e. The van der Waals surface area contributed by atoms with Crippen LogP contribution in [0.3, 0.4) is 0 Å². The summed E-state index contributed by atoms with van der Waals surface area (Å²) in [5.74, 6) is 1.30. The van der Waals surface area contributed by atoms with E-state index in [1.54, 1.807) is 0 Å². The van der Waals surface area contributed by atoms with E-state index in [1.165, 1.54) is 5.56 Å². The van der Waals surface area contributed by atoms with Crippen molar-refractivity contribution in [3.05, 3.63) is 35.9 Å². The second-order valence-electron chi connectivity index (χ2n) is 2.87. The van der Waals surface area contributed by atoms with Gasteiger partial charge in [0.1, 0.15) is 0 Å². The molecule has 0 aromatic heterocycles. The van der Waals surface area contributed by atoms with Gasteiger partial charge in [0.2, 0.25) is 0 Å². The Kier molecular flexibility index (Phi) is 3.44. The van der Waals surface area contributed by atoms with Crippen molar-refractivity contribution in [2.24, 2.45) is 5.92 Å². The number of hydrogen-bond acceptors (Lipinski definition) is 0. The molecule has 0 spiro atoms. The van der Waals surface area contributed by atoms with Gasteiger partial charge in [-0.2, -0.15) is 0 Å². The molecule has 59 valence electrons. The lowest BCUT2D eigenvalue weighted by atomic mass is 10.0. The fourth-order valence-corrected chi connectivity index (χ4v) is 1.12. The summed E-state index contributed by atoms with van der Waals surface area (Å²) in [6, 6.07) is 11.0. The van der Waals surface area contributed by atoms with Gasteiger partial charge in [0, 0.05) is 5.88 Å². The van der Waals surface area contributed by atoms with Crippen molar-refractivity contribution in [2.45, 2.75) is 13.3 Å². The summed E-state index contributed by atoms with van der Waals surface area (Å²) in [5, 5.41) is 0. The van der Waals surface area contributed by atoms with E-state index in [4.69, 9.17) is 11.6 Å². The predicted molar refractivity (Wildman–Crippen MR) is 48.9 cm³/mol. The highest BCUT2D eigenvalue weighted by Gasteiger charge is 1.99. The molecule has 0 N–H and O–H groups in total. The zero-order valence-corrected chi connectivity index (χ0v) is 7.43. The number of alkyl halides is 1. The van der Waals surface area contributed by atoms with E-state index in [2.05, 4.69) is 25.1 Å². The zero-order valence-electron chi connectivity index (χ0n) is 6.68. The first-order chi connectivity index (χ1) is 5.33. The monoisotopic (exact) mass is 167 g/mol. The van der Waals surface area contributed by atoms with Crippen molar-refractivity contribution in [3.8, 4) is 0 Å². The van der Waals surface area contributed by atoms with E-state index in [0.29, 0.717) is 5.92 Å². The van der Waals surface area contributed by atoms with Crippen molar-refractivity contribution >= 4 is 11.6 Å². The molecule has 0 saturated carbocycles. The highest BCUT2D eigenvalue weighted by molar-refractivity contribution is 6.18. The molecule has 0 heterocycles. The van der Waals surface area contributed by atoms with Gasteiger partial charge in [0.25, 0.3) is 0 Å². The standard InChI is InChI=1S/C10H12Cl/c1-9(8-11)7-10-5-3-2-4-6-10/h3-6,9H,7-8H2,1H3. The molecule has 0 fully saturated rings. The Balaban J connectivity index is 2.51. The topological polar surface area (TPSA) is 0 Å². The van der Waals surface area contributed by atoms with Crippen molar-refractivity contribution in [2.75, 3.05) is 5.88 Å². The van der Waals surface area contributed by atoms with Crippen LogP contribution in [-0.4, -0.2) is 5.88 Å². The maximum Gasteiger partial charge on any atom is 0.0252 e. The first-order valence-electron chi connectivity index (χ1n) is 3.84. The Morgan fingerprint density at radius 1 is 1.45 bits per heavy atom. The Hall–Kier alpha value is -0.490. The number of rotatable bonds is 3. The van der Waals surface area contributed by atoms with Gasteiger partial charge < -0.3 is 0 Å². The number of benzene rings is 1. The normalized spacial score (nSPS) is 12.9. The fourth-order valence-electron chi connectivity index (χ4n) is 1.01. The molecule has 1 rings (SSSR count). The van der Waals surface area contributed by atoms with Gasteiger partial charge in [0.15, 0.2) is 0 Å². The zero-order chi connectivity index (χ0) is 8.10. The van der Waals surface area contributed by atoms with Crippen LogP contribution in [0.2, 0.25) is 0 Å². The third-order valence-electron chi connectivity index (χ3n) is 1.63. The minimum atomic E-state index is 0.569. The maximum absolute atomic E-state index is 5.69. The summed E-state index contributed by atoms with van der Waals surface area (Å²) in [6.45, 7) is 2.16. The molecule has 0 aliphatic carbocycles. The number of halogens is 1. The lowest BCUT2D eigenvalue weighted by Gasteiger charge is -2.05. The van der Waals surface area contributed by atoms with Crippen LogP contribution in [0.25, 0.3) is 0 Å². The summed E-state index contributed by atoms with van der Waals surface area (Å²) in [7, 11) is 0. The molecule has 1 aromatic rings. The van der Waals surface area contributed by atoms with Crippen LogP contribution in [0.4, 0.5) is 0 Å². The smallest absolute Gasteiger partial charge is 0.0252 e. The van der Waals surface area contributed by atoms with Crippen molar-refractivity contribution in [3.63, 3.8) is 0 Å². The largest absolute Gasteiger partial charge is 0.126 e. The van der Waals surface area contributed by atoms with Crippen LogP contribution in [0.15, 0.2) is 24.3 Å². The maximum atomic E-state index is 5.69. The van der Waals surface area contributed by atoms with Gasteiger partial charge in [-0.1, -0.05) is 31.2 Å². The lowest BCUT2D eigenvalue weighted by Crippen LogP contribution is -2.00. The van der Waals surface area contributed by atoms with Crippen LogP contribution >= 0.6 is 11.6 Å². The second kappa shape index (κ2) is 4.40. The summed E-state index contributed by atoms with van der Waals surface area (Å²) in [4.78, 5) is 0. The van der Waals surface area contributed by atoms with Gasteiger partial charge in [-0.3, -0.25) is 0 Å². The first-order valence-corrected chi connectivity index (χ1v) is 4.37. The summed E-state index contributed by atoms with van der Waals surface area (Å²) >= 11 is 5.69. The molecule has 1 heteroatoms. The van der Waals surface area contributed by atoms with Crippen LogP contribution in [0.1, 0.15) is 12.5 Å². The SMILES string of the molecule is CC(CCl)Cc1cc[c]cc1. The molecular weight excluding hydrogens is 156 g/mol. The van der Waals surface area contributed by atoms with Crippen molar-refractivity contribution in [1.82, 2.24) is 0 Å². The summed E-state index contributed by atoms with van der Waals surface area (Å²) in [6.07, 6.45) is 1.07. The molecule has 0 aliphatic rings. The molecular formula is C10H12Cl. The van der Waals surface area contributed by atoms with E-state index in [1.807, 2.05) is 12.1 Å². The lowest BCUT2D eigenvalue weighted by molar-refractivity contribution is 0.654. The van der Waals surface area contributed by atoms with Crippen molar-refractivity contribution < 1.29 is 0 Å². The first kappa shape index (κ1) is 8.61. The highest BCUT2D eigenvalue weighted by Crippen LogP contribution is 2.08. The van der Waals surface area contributed by atoms with Crippen LogP contribution in [0.5, 0.6) is 0 Å². The van der Waals surface area contributed by atoms with Gasteiger partial charge >= 0.3 is 0 Å². The van der Waals surface area contributed by atoms with E-state index in [-0.39, 0.29) is 0 Å². The average molecular weight is 168 g/mol. The van der Waals surface area contributed by atoms with Gasteiger partial charge in [0.05, 0.1) is 0 Å². The summed E-state index contributed by atoms with van der Waals surface area (Å²) < 4.78 is 0. The molecule has 11 heavy (non-hydrogen) atoms. The van der Waals surface area contributed by atoms with Crippen molar-refractivity contribution in [1.29, 1.82) is 0 Å². The van der Waals surface area contributed by atoms with E-state index in [9.17, 15) is 0 Å². The number of hydrogen-bond donors (Lipinski definition) is 0. The quantitative estimate of drug-likeness (QED) is 0.608. The fraction of sp³-hybridized carbons (Fsp3) is 0.400. The van der Waals surface area contributed by atoms with Crippen LogP contribution in [0, 0.1) is 12.0 Å². The van der Waals surface area contributed by atoms with Gasteiger partial charge in [-0.15, -0.1) is 11.6 Å². The molecule has 1 atom stereocenters. The molecule has 0 aliphatic heterocycles. The average Bonchev–Trinajstić information content (AvgIpc) is 2.06. The van der Waals surface area contributed by atoms with Crippen LogP contribution < -0.4 is 0 Å². The Morgan fingerprint density at radius 2 is 2.09 bits per heavy atom. The predicted octanol–water partition coefficient (Wildman–Crippen LogP) is 2.90. The Bertz CT molecular complexity index is 193. The Labute approximate surface area is 73.2 Å². The molecule has 0 saturated heterocycles. The van der Waals surface area contributed by atoms with Crippen LogP contribution in [-0.2, 0) is 6.42 Å². The molecule has 1 unspecified atom stereocenters. The van der Waals surface area contributed by atoms with E-state index < -0.39 is 0 Å². The minimum absolute atomic E-state index is 0.569. The Morgan fingerprint density at radius 3 is 2.64 bits per heavy atom. The van der Waals surface area contributed by atoms with Gasteiger partial charge in [-0.05, 0) is 24.0 Å². The third-order valence-corrected chi connectivity index (χ3v) is 2.16. The molecule has 1 aromatic carbocycles. The molecule has 0 amide bonds. The summed E-state index contributed by atoms with van der Waals surface area (Å²) in [5.41, 5.74) is 1.34. The molecule has 1 radical (unpaired) electrons. The van der Waals surface area contributed by atoms with E-state index in [0.717, 1.165) is 12.3 Å². The van der Waals surface area contributed by atoms with Gasteiger partial charge in [-0.25, -0.2) is 0 Å². The second-order valence-corrected chi connectivity index (χ2v) is 3.18. The molecule has 0 bridgehead atoms. The van der Waals surface area contributed by atoms with E-state index >= 15 is 0 Å².